The lowest BCUT2D eigenvalue weighted by atomic mass is 10.1. The highest BCUT2D eigenvalue weighted by molar-refractivity contribution is 7.97. The second-order valence-electron chi connectivity index (χ2n) is 10.1. The number of esters is 1. The first-order valence-electron chi connectivity index (χ1n) is 12.8. The van der Waals surface area contributed by atoms with Gasteiger partial charge in [-0.3, -0.25) is 0 Å². The molecular formula is C32H33FO6S2. The minimum Gasteiger partial charge on any atom is -0.744 e. The third-order valence-electron chi connectivity index (χ3n) is 5.47. The number of rotatable bonds is 7. The van der Waals surface area contributed by atoms with Gasteiger partial charge in [0.1, 0.15) is 27.3 Å². The van der Waals surface area contributed by atoms with Gasteiger partial charge >= 0.3 is 5.97 Å². The molecule has 6 nitrogen and oxygen atoms in total. The predicted octanol–water partition coefficient (Wildman–Crippen LogP) is 6.85. The van der Waals surface area contributed by atoms with E-state index in [0.717, 1.165) is 35.4 Å². The molecule has 0 heterocycles. The van der Waals surface area contributed by atoms with Crippen molar-refractivity contribution < 1.29 is 31.6 Å². The Kier molecular flexibility index (Phi) is 10.7. The summed E-state index contributed by atoms with van der Waals surface area (Å²) in [7, 11) is -4.66. The fraction of sp³-hybridized carbons (Fsp3) is 0.219. The number of carbonyl (C=O) groups excluding carboxylic acids is 1. The predicted molar refractivity (Wildman–Crippen MR) is 157 cm³/mol. The molecule has 4 aromatic rings. The molecule has 0 spiro atoms. The molecule has 0 saturated carbocycles. The van der Waals surface area contributed by atoms with E-state index in [0.29, 0.717) is 5.75 Å². The third-order valence-corrected chi connectivity index (χ3v) is 8.86. The summed E-state index contributed by atoms with van der Waals surface area (Å²) < 4.78 is 54.1. The molecule has 0 bridgehead atoms. The van der Waals surface area contributed by atoms with Crippen molar-refractivity contribution in [1.29, 1.82) is 0 Å². The van der Waals surface area contributed by atoms with Crippen molar-refractivity contribution in [2.45, 2.75) is 59.8 Å². The van der Waals surface area contributed by atoms with Crippen LogP contribution in [0.15, 0.2) is 117 Å². The van der Waals surface area contributed by atoms with E-state index >= 15 is 0 Å². The molecule has 0 aliphatic carbocycles. The van der Waals surface area contributed by atoms with Crippen LogP contribution in [0.1, 0.15) is 31.9 Å². The zero-order valence-corrected chi connectivity index (χ0v) is 25.2. The quantitative estimate of drug-likeness (QED) is 0.132. The number of hydrogen-bond acceptors (Lipinski definition) is 6. The highest BCUT2D eigenvalue weighted by Gasteiger charge is 2.32. The van der Waals surface area contributed by atoms with Gasteiger partial charge in [0.15, 0.2) is 21.3 Å². The van der Waals surface area contributed by atoms with Gasteiger partial charge in [0.25, 0.3) is 0 Å². The summed E-state index contributed by atoms with van der Waals surface area (Å²) >= 11 is 0. The standard InChI is InChI=1S/C26H29O3S.C6H5FO3S/c1-19-16-21(28-18-24(27)29-26(3,4)5)17-20(2)25(19)30(22-12-8-6-9-13-22)23-14-10-7-11-15-23;7-5-1-3-6(4-2-5)11(8,9)10/h6-17H,18H2,1-5H3;1-4H,(H,8,9,10)/q+1;/p-1. The molecule has 0 aromatic heterocycles. The van der Waals surface area contributed by atoms with E-state index in [9.17, 15) is 22.2 Å². The maximum atomic E-state index is 12.2. The molecule has 9 heteroatoms. The third kappa shape index (κ3) is 9.74. The Morgan fingerprint density at radius 1 is 0.829 bits per heavy atom. The maximum Gasteiger partial charge on any atom is 0.344 e. The van der Waals surface area contributed by atoms with Crippen molar-refractivity contribution in [3.63, 3.8) is 0 Å². The summed E-state index contributed by atoms with van der Waals surface area (Å²) in [6.45, 7) is 9.66. The Labute approximate surface area is 244 Å². The zero-order valence-electron chi connectivity index (χ0n) is 23.6. The highest BCUT2D eigenvalue weighted by Crippen LogP contribution is 2.36. The van der Waals surface area contributed by atoms with Crippen LogP contribution >= 0.6 is 0 Å². The summed E-state index contributed by atoms with van der Waals surface area (Å²) in [6.07, 6.45) is 0. The van der Waals surface area contributed by atoms with E-state index < -0.39 is 26.4 Å². The summed E-state index contributed by atoms with van der Waals surface area (Å²) in [5, 5.41) is 0. The topological polar surface area (TPSA) is 92.7 Å². The Morgan fingerprint density at radius 3 is 1.71 bits per heavy atom. The molecule has 41 heavy (non-hydrogen) atoms. The van der Waals surface area contributed by atoms with Crippen LogP contribution in [0.3, 0.4) is 0 Å². The maximum absolute atomic E-state index is 12.2. The lowest BCUT2D eigenvalue weighted by molar-refractivity contribution is -0.157. The lowest BCUT2D eigenvalue weighted by Crippen LogP contribution is -2.27. The van der Waals surface area contributed by atoms with Crippen molar-refractivity contribution in [2.75, 3.05) is 6.61 Å². The monoisotopic (exact) mass is 596 g/mol. The van der Waals surface area contributed by atoms with Crippen LogP contribution in [-0.4, -0.2) is 31.1 Å². The summed E-state index contributed by atoms with van der Waals surface area (Å²) in [5.41, 5.74) is 1.77. The van der Waals surface area contributed by atoms with E-state index in [-0.39, 0.29) is 23.5 Å². The minimum atomic E-state index is -4.44. The average molecular weight is 597 g/mol. The fourth-order valence-electron chi connectivity index (χ4n) is 3.92. The largest absolute Gasteiger partial charge is 0.744 e. The van der Waals surface area contributed by atoms with Crippen molar-refractivity contribution in [1.82, 2.24) is 0 Å². The highest BCUT2D eigenvalue weighted by atomic mass is 32.2. The second-order valence-corrected chi connectivity index (χ2v) is 13.4. The van der Waals surface area contributed by atoms with Crippen LogP contribution in [-0.2, 0) is 30.5 Å². The van der Waals surface area contributed by atoms with Gasteiger partial charge in [-0.1, -0.05) is 36.4 Å². The first-order chi connectivity index (χ1) is 19.2. The van der Waals surface area contributed by atoms with Gasteiger partial charge in [0, 0.05) is 11.1 Å². The normalized spacial score (nSPS) is 11.4. The molecule has 0 aliphatic heterocycles. The van der Waals surface area contributed by atoms with Crippen LogP contribution in [0.4, 0.5) is 4.39 Å². The smallest absolute Gasteiger partial charge is 0.344 e. The van der Waals surface area contributed by atoms with Gasteiger partial charge < -0.3 is 14.0 Å². The molecule has 0 atom stereocenters. The van der Waals surface area contributed by atoms with Gasteiger partial charge in [-0.15, -0.1) is 0 Å². The summed E-state index contributed by atoms with van der Waals surface area (Å²) in [6, 6.07) is 28.9. The van der Waals surface area contributed by atoms with Gasteiger partial charge in [0.05, 0.1) is 15.8 Å². The van der Waals surface area contributed by atoms with Gasteiger partial charge in [-0.25, -0.2) is 17.6 Å². The Hall–Kier alpha value is -3.66. The Balaban J connectivity index is 0.000000352. The molecule has 0 unspecified atom stereocenters. The summed E-state index contributed by atoms with van der Waals surface area (Å²) in [4.78, 5) is 15.4. The summed E-state index contributed by atoms with van der Waals surface area (Å²) in [5.74, 6) is -0.253. The van der Waals surface area contributed by atoms with E-state index in [1.54, 1.807) is 0 Å². The van der Waals surface area contributed by atoms with Gasteiger partial charge in [-0.05, 0) is 95.3 Å². The zero-order chi connectivity index (χ0) is 30.2. The first kappa shape index (κ1) is 31.9. The molecule has 0 radical (unpaired) electrons. The second kappa shape index (κ2) is 13.8. The molecule has 0 N–H and O–H groups in total. The van der Waals surface area contributed by atoms with Crippen molar-refractivity contribution in [2.24, 2.45) is 0 Å². The van der Waals surface area contributed by atoms with Crippen LogP contribution in [0, 0.1) is 19.7 Å². The van der Waals surface area contributed by atoms with Crippen LogP contribution in [0.5, 0.6) is 5.75 Å². The Bertz CT molecular complexity index is 1490. The fourth-order valence-corrected chi connectivity index (χ4v) is 6.75. The first-order valence-corrected chi connectivity index (χ1v) is 15.4. The van der Waals surface area contributed by atoms with Crippen molar-refractivity contribution in [3.8, 4) is 5.75 Å². The average Bonchev–Trinajstić information content (AvgIpc) is 2.90. The number of carbonyl (C=O) groups is 1. The van der Waals surface area contributed by atoms with E-state index in [4.69, 9.17) is 9.47 Å². The van der Waals surface area contributed by atoms with Crippen molar-refractivity contribution in [3.05, 3.63) is 114 Å². The SMILES string of the molecule is Cc1cc(OCC(=O)OC(C)(C)C)cc(C)c1[S+](c1ccccc1)c1ccccc1.O=S(=O)([O-])c1ccc(F)cc1. The molecule has 0 amide bonds. The van der Waals surface area contributed by atoms with E-state index in [1.807, 2.05) is 45.0 Å². The van der Waals surface area contributed by atoms with Gasteiger partial charge in [0.2, 0.25) is 0 Å². The number of aryl methyl sites for hydroxylation is 2. The molecule has 0 fully saturated rings. The van der Waals surface area contributed by atoms with Crippen LogP contribution in [0.25, 0.3) is 0 Å². The molecule has 4 aromatic carbocycles. The molecule has 4 rings (SSSR count). The Morgan fingerprint density at radius 2 is 1.29 bits per heavy atom. The van der Waals surface area contributed by atoms with E-state index in [1.165, 1.54) is 14.7 Å². The number of benzene rings is 4. The molecular weight excluding hydrogens is 563 g/mol. The van der Waals surface area contributed by atoms with Crippen LogP contribution < -0.4 is 4.74 Å². The van der Waals surface area contributed by atoms with Gasteiger partial charge in [-0.2, -0.15) is 0 Å². The van der Waals surface area contributed by atoms with Crippen molar-refractivity contribution >= 4 is 27.0 Å². The molecule has 216 valence electrons. The number of ether oxygens (including phenoxy) is 2. The lowest BCUT2D eigenvalue weighted by Gasteiger charge is -2.19. The molecule has 0 aliphatic rings. The number of hydrogen-bond donors (Lipinski definition) is 0. The van der Waals surface area contributed by atoms with E-state index in [2.05, 4.69) is 62.4 Å². The number of halogens is 1. The van der Waals surface area contributed by atoms with Crippen LogP contribution in [0.2, 0.25) is 0 Å². The molecule has 0 saturated heterocycles. The minimum absolute atomic E-state index is 0.0986.